The standard InChI is InChI=1S/C16H21N3O2/c1-4-8-14-18-15(17-3)11-16(19-14)21-13-10-7-6-9-12(13)20-5-2/h6-7,9-11H,4-5,8H2,1-3H3,(H,17,18,19). The molecule has 5 nitrogen and oxygen atoms in total. The molecular weight excluding hydrogens is 266 g/mol. The van der Waals surface area contributed by atoms with Crippen LogP contribution in [0.25, 0.3) is 0 Å². The Kier molecular flexibility index (Phi) is 5.37. The minimum atomic E-state index is 0.518. The summed E-state index contributed by atoms with van der Waals surface area (Å²) in [6.07, 6.45) is 1.81. The van der Waals surface area contributed by atoms with Gasteiger partial charge < -0.3 is 14.8 Å². The maximum Gasteiger partial charge on any atom is 0.224 e. The van der Waals surface area contributed by atoms with Gasteiger partial charge in [0.2, 0.25) is 5.88 Å². The van der Waals surface area contributed by atoms with E-state index >= 15 is 0 Å². The van der Waals surface area contributed by atoms with Gasteiger partial charge in [0.1, 0.15) is 11.6 Å². The Labute approximate surface area is 125 Å². The SMILES string of the molecule is CCCc1nc(NC)cc(Oc2ccccc2OCC)n1. The van der Waals surface area contributed by atoms with E-state index < -0.39 is 0 Å². The summed E-state index contributed by atoms with van der Waals surface area (Å²) in [6, 6.07) is 9.35. The van der Waals surface area contributed by atoms with Crippen LogP contribution in [-0.2, 0) is 6.42 Å². The zero-order valence-electron chi connectivity index (χ0n) is 12.7. The number of rotatable bonds is 7. The van der Waals surface area contributed by atoms with Crippen LogP contribution in [-0.4, -0.2) is 23.6 Å². The van der Waals surface area contributed by atoms with Gasteiger partial charge in [-0.05, 0) is 25.5 Å². The van der Waals surface area contributed by atoms with Crippen LogP contribution in [0.4, 0.5) is 5.82 Å². The third-order valence-electron chi connectivity index (χ3n) is 2.84. The van der Waals surface area contributed by atoms with Crippen LogP contribution in [0.15, 0.2) is 30.3 Å². The lowest BCUT2D eigenvalue weighted by atomic mass is 10.3. The van der Waals surface area contributed by atoms with Gasteiger partial charge in [-0.25, -0.2) is 4.98 Å². The first-order valence-electron chi connectivity index (χ1n) is 7.22. The predicted molar refractivity (Wildman–Crippen MR) is 83.3 cm³/mol. The zero-order valence-corrected chi connectivity index (χ0v) is 12.7. The van der Waals surface area contributed by atoms with Crippen LogP contribution in [0.2, 0.25) is 0 Å². The molecule has 0 unspecified atom stereocenters. The van der Waals surface area contributed by atoms with Crippen LogP contribution in [0.1, 0.15) is 26.1 Å². The van der Waals surface area contributed by atoms with Crippen molar-refractivity contribution in [1.82, 2.24) is 9.97 Å². The van der Waals surface area contributed by atoms with Crippen molar-refractivity contribution in [3.05, 3.63) is 36.2 Å². The Morgan fingerprint density at radius 2 is 1.86 bits per heavy atom. The van der Waals surface area contributed by atoms with E-state index in [4.69, 9.17) is 9.47 Å². The maximum absolute atomic E-state index is 5.88. The van der Waals surface area contributed by atoms with Gasteiger partial charge in [0, 0.05) is 19.5 Å². The molecule has 1 heterocycles. The molecule has 0 atom stereocenters. The Hall–Kier alpha value is -2.30. The molecule has 0 aliphatic heterocycles. The molecule has 2 aromatic rings. The molecule has 0 bridgehead atoms. The van der Waals surface area contributed by atoms with Crippen LogP contribution in [0.3, 0.4) is 0 Å². The number of nitrogens with one attached hydrogen (secondary N) is 1. The summed E-state index contributed by atoms with van der Waals surface area (Å²) in [5.41, 5.74) is 0. The number of aryl methyl sites for hydroxylation is 1. The average Bonchev–Trinajstić information content (AvgIpc) is 2.49. The van der Waals surface area contributed by atoms with Gasteiger partial charge in [-0.15, -0.1) is 0 Å². The molecule has 1 aromatic heterocycles. The zero-order chi connectivity index (χ0) is 15.1. The Balaban J connectivity index is 2.28. The fraction of sp³-hybridized carbons (Fsp3) is 0.375. The molecule has 5 heteroatoms. The number of aromatic nitrogens is 2. The summed E-state index contributed by atoms with van der Waals surface area (Å²) >= 11 is 0. The Morgan fingerprint density at radius 1 is 1.10 bits per heavy atom. The van der Waals surface area contributed by atoms with Crippen molar-refractivity contribution in [2.45, 2.75) is 26.7 Å². The largest absolute Gasteiger partial charge is 0.490 e. The van der Waals surface area contributed by atoms with Crippen LogP contribution >= 0.6 is 0 Å². The highest BCUT2D eigenvalue weighted by Crippen LogP contribution is 2.31. The molecule has 0 fully saturated rings. The highest BCUT2D eigenvalue weighted by Gasteiger charge is 2.09. The molecule has 21 heavy (non-hydrogen) atoms. The topological polar surface area (TPSA) is 56.3 Å². The second-order valence-corrected chi connectivity index (χ2v) is 4.49. The summed E-state index contributed by atoms with van der Waals surface area (Å²) in [7, 11) is 1.83. The second-order valence-electron chi connectivity index (χ2n) is 4.49. The monoisotopic (exact) mass is 287 g/mol. The first kappa shape index (κ1) is 15.1. The fourth-order valence-corrected chi connectivity index (χ4v) is 1.91. The van der Waals surface area contributed by atoms with Crippen molar-refractivity contribution in [3.63, 3.8) is 0 Å². The number of benzene rings is 1. The van der Waals surface area contributed by atoms with E-state index in [1.54, 1.807) is 6.07 Å². The van der Waals surface area contributed by atoms with E-state index in [1.165, 1.54) is 0 Å². The van der Waals surface area contributed by atoms with Gasteiger partial charge in [0.05, 0.1) is 6.61 Å². The minimum absolute atomic E-state index is 0.518. The molecule has 2 rings (SSSR count). The number of ether oxygens (including phenoxy) is 2. The lowest BCUT2D eigenvalue weighted by molar-refractivity contribution is 0.319. The lowest BCUT2D eigenvalue weighted by Crippen LogP contribution is -2.02. The summed E-state index contributed by atoms with van der Waals surface area (Å²) in [5, 5.41) is 3.03. The molecule has 0 saturated heterocycles. The van der Waals surface area contributed by atoms with Gasteiger partial charge in [-0.1, -0.05) is 19.1 Å². The van der Waals surface area contributed by atoms with Crippen LogP contribution in [0, 0.1) is 0 Å². The summed E-state index contributed by atoms with van der Waals surface area (Å²) in [5.74, 6) is 3.40. The van der Waals surface area contributed by atoms with Gasteiger partial charge >= 0.3 is 0 Å². The summed E-state index contributed by atoms with van der Waals surface area (Å²) < 4.78 is 11.4. The molecule has 1 N–H and O–H groups in total. The van der Waals surface area contributed by atoms with E-state index in [0.717, 1.165) is 24.5 Å². The number of para-hydroxylation sites is 2. The predicted octanol–water partition coefficient (Wildman–Crippen LogP) is 3.66. The summed E-state index contributed by atoms with van der Waals surface area (Å²) in [4.78, 5) is 8.85. The smallest absolute Gasteiger partial charge is 0.224 e. The Bertz CT molecular complexity index is 587. The highest BCUT2D eigenvalue weighted by molar-refractivity contribution is 5.44. The molecule has 0 saturated carbocycles. The van der Waals surface area contributed by atoms with Crippen molar-refractivity contribution in [2.75, 3.05) is 19.0 Å². The molecule has 0 radical (unpaired) electrons. The van der Waals surface area contributed by atoms with Gasteiger partial charge in [0.25, 0.3) is 0 Å². The Morgan fingerprint density at radius 3 is 2.52 bits per heavy atom. The first-order valence-corrected chi connectivity index (χ1v) is 7.22. The van der Waals surface area contributed by atoms with Gasteiger partial charge in [-0.3, -0.25) is 0 Å². The van der Waals surface area contributed by atoms with E-state index in [2.05, 4.69) is 22.2 Å². The number of nitrogens with zero attached hydrogens (tertiary/aromatic N) is 2. The fourth-order valence-electron chi connectivity index (χ4n) is 1.91. The van der Waals surface area contributed by atoms with E-state index in [1.807, 2.05) is 38.2 Å². The van der Waals surface area contributed by atoms with Gasteiger partial charge in [0.15, 0.2) is 11.5 Å². The van der Waals surface area contributed by atoms with Crippen molar-refractivity contribution in [1.29, 1.82) is 0 Å². The van der Waals surface area contributed by atoms with Crippen molar-refractivity contribution in [3.8, 4) is 17.4 Å². The second kappa shape index (κ2) is 7.47. The molecular formula is C16H21N3O2. The average molecular weight is 287 g/mol. The normalized spacial score (nSPS) is 10.2. The molecule has 0 aliphatic carbocycles. The maximum atomic E-state index is 5.88. The lowest BCUT2D eigenvalue weighted by Gasteiger charge is -2.12. The number of hydrogen-bond donors (Lipinski definition) is 1. The van der Waals surface area contributed by atoms with E-state index in [-0.39, 0.29) is 0 Å². The van der Waals surface area contributed by atoms with Gasteiger partial charge in [-0.2, -0.15) is 4.98 Å². The van der Waals surface area contributed by atoms with Crippen molar-refractivity contribution < 1.29 is 9.47 Å². The first-order chi connectivity index (χ1) is 10.3. The third-order valence-corrected chi connectivity index (χ3v) is 2.84. The number of hydrogen-bond acceptors (Lipinski definition) is 5. The molecule has 0 aliphatic rings. The van der Waals surface area contributed by atoms with Crippen LogP contribution in [0.5, 0.6) is 17.4 Å². The van der Waals surface area contributed by atoms with E-state index in [9.17, 15) is 0 Å². The molecule has 0 spiro atoms. The molecule has 112 valence electrons. The van der Waals surface area contributed by atoms with Crippen molar-refractivity contribution >= 4 is 5.82 Å². The molecule has 1 aromatic carbocycles. The molecule has 0 amide bonds. The highest BCUT2D eigenvalue weighted by atomic mass is 16.5. The third kappa shape index (κ3) is 4.08. The minimum Gasteiger partial charge on any atom is -0.490 e. The van der Waals surface area contributed by atoms with Crippen LogP contribution < -0.4 is 14.8 Å². The van der Waals surface area contributed by atoms with E-state index in [0.29, 0.717) is 24.0 Å². The summed E-state index contributed by atoms with van der Waals surface area (Å²) in [6.45, 7) is 4.63. The quantitative estimate of drug-likeness (QED) is 0.842. The van der Waals surface area contributed by atoms with Crippen molar-refractivity contribution in [2.24, 2.45) is 0 Å². The number of anilines is 1.